The number of aromatic amines is 1. The summed E-state index contributed by atoms with van der Waals surface area (Å²) in [5.41, 5.74) is 1.27. The molecule has 6 nitrogen and oxygen atoms in total. The Hall–Kier alpha value is -2.84. The number of halogens is 2. The Kier molecular flexibility index (Phi) is 6.90. The predicted molar refractivity (Wildman–Crippen MR) is 109 cm³/mol. The SMILES string of the molecule is CCc1nc(S/C(=C\c2cc(Cl)ccc2OCc2ccc(F)cc2)C(=O)O)n[nH]1. The number of aryl methyl sites for hydroxylation is 1. The van der Waals surface area contributed by atoms with Crippen LogP contribution in [0.4, 0.5) is 4.39 Å². The quantitative estimate of drug-likeness (QED) is 0.385. The molecular weight excluding hydrogens is 417 g/mol. The van der Waals surface area contributed by atoms with E-state index >= 15 is 0 Å². The van der Waals surface area contributed by atoms with E-state index in [4.69, 9.17) is 16.3 Å². The Morgan fingerprint density at radius 3 is 2.72 bits per heavy atom. The molecule has 3 aromatic rings. The van der Waals surface area contributed by atoms with Gasteiger partial charge in [0.2, 0.25) is 5.16 Å². The van der Waals surface area contributed by atoms with Crippen molar-refractivity contribution in [2.24, 2.45) is 0 Å². The average Bonchev–Trinajstić information content (AvgIpc) is 3.16. The van der Waals surface area contributed by atoms with Crippen LogP contribution >= 0.6 is 23.4 Å². The van der Waals surface area contributed by atoms with Crippen LogP contribution < -0.4 is 4.74 Å². The second-order valence-corrected chi connectivity index (χ2v) is 7.38. The van der Waals surface area contributed by atoms with Crippen LogP contribution in [0.1, 0.15) is 23.9 Å². The van der Waals surface area contributed by atoms with Gasteiger partial charge in [-0.15, -0.1) is 5.10 Å². The summed E-state index contributed by atoms with van der Waals surface area (Å²) in [4.78, 5) is 16.0. The highest BCUT2D eigenvalue weighted by Gasteiger charge is 2.15. The third-order valence-electron chi connectivity index (χ3n) is 3.82. The van der Waals surface area contributed by atoms with Gasteiger partial charge in [-0.05, 0) is 53.7 Å². The van der Waals surface area contributed by atoms with Crippen molar-refractivity contribution in [3.05, 3.63) is 75.2 Å². The lowest BCUT2D eigenvalue weighted by Crippen LogP contribution is -2.00. The van der Waals surface area contributed by atoms with Gasteiger partial charge in [0, 0.05) is 17.0 Å². The van der Waals surface area contributed by atoms with E-state index in [0.29, 0.717) is 33.7 Å². The van der Waals surface area contributed by atoms with E-state index in [-0.39, 0.29) is 17.3 Å². The number of ether oxygens (including phenoxy) is 1. The topological polar surface area (TPSA) is 88.1 Å². The number of nitrogens with zero attached hydrogens (tertiary/aromatic N) is 2. The molecule has 1 aromatic heterocycles. The van der Waals surface area contributed by atoms with Gasteiger partial charge in [0.25, 0.3) is 0 Å². The molecule has 0 amide bonds. The van der Waals surface area contributed by atoms with Gasteiger partial charge >= 0.3 is 5.97 Å². The lowest BCUT2D eigenvalue weighted by atomic mass is 10.2. The molecule has 0 aliphatic rings. The lowest BCUT2D eigenvalue weighted by Gasteiger charge is -2.11. The molecule has 150 valence electrons. The van der Waals surface area contributed by atoms with Crippen molar-refractivity contribution >= 4 is 35.4 Å². The van der Waals surface area contributed by atoms with E-state index < -0.39 is 5.97 Å². The number of carboxylic acid groups (broad SMARTS) is 1. The number of hydrogen-bond acceptors (Lipinski definition) is 5. The predicted octanol–water partition coefficient (Wildman–Crippen LogP) is 4.96. The van der Waals surface area contributed by atoms with E-state index in [2.05, 4.69) is 15.2 Å². The maximum Gasteiger partial charge on any atom is 0.342 e. The summed E-state index contributed by atoms with van der Waals surface area (Å²) in [6.07, 6.45) is 2.12. The largest absolute Gasteiger partial charge is 0.488 e. The first-order chi connectivity index (χ1) is 13.9. The molecule has 9 heteroatoms. The maximum absolute atomic E-state index is 13.0. The number of thioether (sulfide) groups is 1. The second-order valence-electron chi connectivity index (χ2n) is 5.93. The molecule has 0 spiro atoms. The summed E-state index contributed by atoms with van der Waals surface area (Å²) >= 11 is 7.01. The molecule has 0 saturated carbocycles. The van der Waals surface area contributed by atoms with Crippen LogP contribution in [-0.4, -0.2) is 26.3 Å². The summed E-state index contributed by atoms with van der Waals surface area (Å²) in [6.45, 7) is 2.11. The van der Waals surface area contributed by atoms with E-state index in [1.807, 2.05) is 6.92 Å². The number of H-pyrrole nitrogens is 1. The minimum absolute atomic E-state index is 0.0144. The minimum atomic E-state index is -1.12. The van der Waals surface area contributed by atoms with Gasteiger partial charge in [-0.1, -0.05) is 30.7 Å². The first-order valence-electron chi connectivity index (χ1n) is 8.65. The number of aromatic nitrogens is 3. The van der Waals surface area contributed by atoms with Gasteiger partial charge in [0.05, 0.1) is 0 Å². The van der Waals surface area contributed by atoms with Gasteiger partial charge in [-0.2, -0.15) is 0 Å². The fourth-order valence-corrected chi connectivity index (χ4v) is 3.26. The fraction of sp³-hybridized carbons (Fsp3) is 0.150. The maximum atomic E-state index is 13.0. The Bertz CT molecular complexity index is 1040. The van der Waals surface area contributed by atoms with Crippen molar-refractivity contribution in [1.82, 2.24) is 15.2 Å². The Morgan fingerprint density at radius 2 is 2.07 bits per heavy atom. The molecule has 1 heterocycles. The third kappa shape index (κ3) is 5.82. The van der Waals surface area contributed by atoms with Crippen LogP contribution in [0.15, 0.2) is 52.5 Å². The zero-order valence-electron chi connectivity index (χ0n) is 15.4. The molecule has 0 atom stereocenters. The van der Waals surface area contributed by atoms with Crippen molar-refractivity contribution in [2.45, 2.75) is 25.1 Å². The molecule has 0 fully saturated rings. The highest BCUT2D eigenvalue weighted by molar-refractivity contribution is 8.04. The zero-order valence-corrected chi connectivity index (χ0v) is 16.9. The van der Waals surface area contributed by atoms with Gasteiger partial charge in [0.1, 0.15) is 28.9 Å². The van der Waals surface area contributed by atoms with Gasteiger partial charge in [-0.3, -0.25) is 5.10 Å². The van der Waals surface area contributed by atoms with Crippen LogP contribution in [0, 0.1) is 5.82 Å². The summed E-state index contributed by atoms with van der Waals surface area (Å²) in [7, 11) is 0. The first-order valence-corrected chi connectivity index (χ1v) is 9.85. The van der Waals surface area contributed by atoms with Crippen molar-refractivity contribution in [2.75, 3.05) is 0 Å². The summed E-state index contributed by atoms with van der Waals surface area (Å²) in [5.74, 6) is -0.335. The van der Waals surface area contributed by atoms with E-state index in [0.717, 1.165) is 17.3 Å². The van der Waals surface area contributed by atoms with Gasteiger partial charge < -0.3 is 9.84 Å². The molecule has 0 aliphatic carbocycles. The monoisotopic (exact) mass is 433 g/mol. The number of benzene rings is 2. The van der Waals surface area contributed by atoms with Crippen molar-refractivity contribution in [1.29, 1.82) is 0 Å². The molecule has 2 N–H and O–H groups in total. The highest BCUT2D eigenvalue weighted by atomic mass is 35.5. The van der Waals surface area contributed by atoms with E-state index in [9.17, 15) is 14.3 Å². The van der Waals surface area contributed by atoms with Crippen molar-refractivity contribution < 1.29 is 19.0 Å². The number of hydrogen-bond donors (Lipinski definition) is 2. The Labute approximate surface area is 175 Å². The van der Waals surface area contributed by atoms with Crippen LogP contribution in [0.5, 0.6) is 5.75 Å². The molecular formula is C20H17ClFN3O3S. The van der Waals surface area contributed by atoms with Crippen LogP contribution in [0.3, 0.4) is 0 Å². The molecule has 3 rings (SSSR count). The zero-order chi connectivity index (χ0) is 20.8. The number of carbonyl (C=O) groups is 1. The fourth-order valence-electron chi connectivity index (χ4n) is 2.36. The Morgan fingerprint density at radius 1 is 1.31 bits per heavy atom. The van der Waals surface area contributed by atoms with E-state index in [1.165, 1.54) is 18.2 Å². The van der Waals surface area contributed by atoms with Crippen LogP contribution in [-0.2, 0) is 17.8 Å². The number of rotatable bonds is 8. The van der Waals surface area contributed by atoms with Gasteiger partial charge in [0.15, 0.2) is 0 Å². The molecule has 0 radical (unpaired) electrons. The summed E-state index contributed by atoms with van der Waals surface area (Å²) in [5, 5.41) is 17.1. The molecule has 0 unspecified atom stereocenters. The van der Waals surface area contributed by atoms with Crippen molar-refractivity contribution in [3.63, 3.8) is 0 Å². The smallest absolute Gasteiger partial charge is 0.342 e. The number of nitrogens with one attached hydrogen (secondary N) is 1. The third-order valence-corrected chi connectivity index (χ3v) is 4.94. The molecule has 0 saturated heterocycles. The second kappa shape index (κ2) is 9.58. The summed E-state index contributed by atoms with van der Waals surface area (Å²) in [6, 6.07) is 10.9. The highest BCUT2D eigenvalue weighted by Crippen LogP contribution is 2.31. The molecule has 29 heavy (non-hydrogen) atoms. The normalized spacial score (nSPS) is 11.5. The van der Waals surface area contributed by atoms with Gasteiger partial charge in [-0.25, -0.2) is 14.2 Å². The minimum Gasteiger partial charge on any atom is -0.488 e. The molecule has 2 aromatic carbocycles. The average molecular weight is 434 g/mol. The molecule has 0 aliphatic heterocycles. The molecule has 0 bridgehead atoms. The van der Waals surface area contributed by atoms with Crippen LogP contribution in [0.2, 0.25) is 5.02 Å². The standard InChI is InChI=1S/C20H17ClFN3O3S/c1-2-18-23-20(25-24-18)29-17(19(26)27)10-13-9-14(21)5-8-16(13)28-11-12-3-6-15(22)7-4-12/h3-10H,2,11H2,1H3,(H,26,27)(H,23,24,25)/b17-10-. The van der Waals surface area contributed by atoms with Crippen LogP contribution in [0.25, 0.3) is 6.08 Å². The number of carboxylic acids is 1. The number of aliphatic carboxylic acids is 1. The summed E-state index contributed by atoms with van der Waals surface area (Å²) < 4.78 is 18.9. The lowest BCUT2D eigenvalue weighted by molar-refractivity contribution is -0.131. The Balaban J connectivity index is 1.85. The van der Waals surface area contributed by atoms with Crippen molar-refractivity contribution in [3.8, 4) is 5.75 Å². The van der Waals surface area contributed by atoms with E-state index in [1.54, 1.807) is 30.3 Å². The first kappa shape index (κ1) is 20.9.